The van der Waals surface area contributed by atoms with Crippen LogP contribution in [0.25, 0.3) is 0 Å². The molecule has 1 aliphatic rings. The number of halogens is 1. The number of hydrogen-bond acceptors (Lipinski definition) is 2. The summed E-state index contributed by atoms with van der Waals surface area (Å²) in [6.45, 7) is 4.04. The molecule has 1 aliphatic heterocycles. The minimum Gasteiger partial charge on any atom is -0.339 e. The number of carbonyl (C=O) groups excluding carboxylic acids is 1. The van der Waals surface area contributed by atoms with E-state index < -0.39 is 0 Å². The van der Waals surface area contributed by atoms with Gasteiger partial charge < -0.3 is 9.80 Å². The Bertz CT molecular complexity index is 297. The second-order valence-corrected chi connectivity index (χ2v) is 6.13. The average molecular weight is 317 g/mol. The van der Waals surface area contributed by atoms with E-state index in [1.807, 2.05) is 4.90 Å². The van der Waals surface area contributed by atoms with Gasteiger partial charge in [0.1, 0.15) is 0 Å². The van der Waals surface area contributed by atoms with Crippen molar-refractivity contribution in [2.45, 2.75) is 64.3 Å². The van der Waals surface area contributed by atoms with Crippen LogP contribution >= 0.6 is 12.4 Å². The van der Waals surface area contributed by atoms with Gasteiger partial charge in [0.15, 0.2) is 0 Å². The zero-order chi connectivity index (χ0) is 14.8. The van der Waals surface area contributed by atoms with Crippen molar-refractivity contribution >= 4 is 18.3 Å². The van der Waals surface area contributed by atoms with E-state index in [1.165, 1.54) is 32.1 Å². The third-order valence-electron chi connectivity index (χ3n) is 4.24. The molecule has 0 aromatic rings. The van der Waals surface area contributed by atoms with Crippen molar-refractivity contribution in [3.63, 3.8) is 0 Å². The number of allylic oxidation sites excluding steroid dienone is 1. The van der Waals surface area contributed by atoms with Gasteiger partial charge >= 0.3 is 0 Å². The van der Waals surface area contributed by atoms with E-state index in [-0.39, 0.29) is 18.3 Å². The van der Waals surface area contributed by atoms with Crippen molar-refractivity contribution in [3.05, 3.63) is 12.2 Å². The Hall–Kier alpha value is -0.540. The predicted molar refractivity (Wildman–Crippen MR) is 93.1 cm³/mol. The topological polar surface area (TPSA) is 23.6 Å². The van der Waals surface area contributed by atoms with Crippen molar-refractivity contribution in [2.24, 2.45) is 0 Å². The summed E-state index contributed by atoms with van der Waals surface area (Å²) in [6.07, 6.45) is 13.6. The van der Waals surface area contributed by atoms with E-state index in [2.05, 4.69) is 32.0 Å². The van der Waals surface area contributed by atoms with E-state index in [1.54, 1.807) is 6.08 Å². The average Bonchev–Trinajstić information content (AvgIpc) is 2.46. The normalized spacial score (nSPS) is 16.5. The third-order valence-corrected chi connectivity index (χ3v) is 4.24. The fourth-order valence-corrected chi connectivity index (χ4v) is 2.76. The van der Waals surface area contributed by atoms with Crippen molar-refractivity contribution in [1.29, 1.82) is 0 Å². The quantitative estimate of drug-likeness (QED) is 0.501. The van der Waals surface area contributed by atoms with Crippen LogP contribution in [0.1, 0.15) is 58.3 Å². The van der Waals surface area contributed by atoms with Crippen LogP contribution in [0.4, 0.5) is 0 Å². The van der Waals surface area contributed by atoms with E-state index in [0.29, 0.717) is 6.04 Å². The lowest BCUT2D eigenvalue weighted by Crippen LogP contribution is -2.43. The number of rotatable bonds is 8. The lowest BCUT2D eigenvalue weighted by Gasteiger charge is -2.34. The number of hydrogen-bond donors (Lipinski definition) is 0. The smallest absolute Gasteiger partial charge is 0.246 e. The van der Waals surface area contributed by atoms with Gasteiger partial charge in [-0.15, -0.1) is 12.4 Å². The molecule has 0 saturated carbocycles. The lowest BCUT2D eigenvalue weighted by atomic mass is 10.0. The molecule has 1 fully saturated rings. The molecule has 0 aliphatic carbocycles. The van der Waals surface area contributed by atoms with Crippen LogP contribution in [0.3, 0.4) is 0 Å². The highest BCUT2D eigenvalue weighted by atomic mass is 35.5. The predicted octanol–water partition coefficient (Wildman–Crippen LogP) is 3.88. The molecule has 0 radical (unpaired) electrons. The fraction of sp³-hybridized carbons (Fsp3) is 0.824. The second-order valence-electron chi connectivity index (χ2n) is 6.13. The Morgan fingerprint density at radius 3 is 2.33 bits per heavy atom. The van der Waals surface area contributed by atoms with Crippen LogP contribution in [0, 0.1) is 0 Å². The Morgan fingerprint density at radius 2 is 1.76 bits per heavy atom. The Morgan fingerprint density at radius 1 is 1.14 bits per heavy atom. The van der Waals surface area contributed by atoms with Gasteiger partial charge in [0.2, 0.25) is 5.91 Å². The van der Waals surface area contributed by atoms with Crippen LogP contribution < -0.4 is 0 Å². The van der Waals surface area contributed by atoms with Crippen LogP contribution in [-0.4, -0.2) is 48.9 Å². The summed E-state index contributed by atoms with van der Waals surface area (Å²) in [5.41, 5.74) is 0. The molecule has 124 valence electrons. The van der Waals surface area contributed by atoms with Crippen molar-refractivity contribution in [3.8, 4) is 0 Å². The number of amides is 1. The molecule has 0 bridgehead atoms. The fourth-order valence-electron chi connectivity index (χ4n) is 2.76. The summed E-state index contributed by atoms with van der Waals surface area (Å²) in [6, 6.07) is 0.640. The zero-order valence-electron chi connectivity index (χ0n) is 14.0. The standard InChI is InChI=1S/C17H32N2O.ClH/c1-4-5-6-7-8-9-10-11-17(20)19-14-12-16(13-15-19)18(2)3;/h10-11,16H,4-9,12-15H2,1-3H3;1H. The molecule has 3 nitrogen and oxygen atoms in total. The number of piperidine rings is 1. The first kappa shape index (κ1) is 20.5. The van der Waals surface area contributed by atoms with Gasteiger partial charge in [0.05, 0.1) is 0 Å². The highest BCUT2D eigenvalue weighted by Crippen LogP contribution is 2.14. The van der Waals surface area contributed by atoms with Crippen LogP contribution in [0.15, 0.2) is 12.2 Å². The number of unbranched alkanes of at least 4 members (excludes halogenated alkanes) is 5. The monoisotopic (exact) mass is 316 g/mol. The van der Waals surface area contributed by atoms with Crippen molar-refractivity contribution in [1.82, 2.24) is 9.80 Å². The third kappa shape index (κ3) is 8.47. The molecule has 0 unspecified atom stereocenters. The molecule has 1 heterocycles. The van der Waals surface area contributed by atoms with Crippen molar-refractivity contribution < 1.29 is 4.79 Å². The number of carbonyl (C=O) groups is 1. The van der Waals surface area contributed by atoms with Gasteiger partial charge in [-0.3, -0.25) is 4.79 Å². The van der Waals surface area contributed by atoms with Crippen molar-refractivity contribution in [2.75, 3.05) is 27.2 Å². The first-order chi connectivity index (χ1) is 9.65. The lowest BCUT2D eigenvalue weighted by molar-refractivity contribution is -0.127. The van der Waals surface area contributed by atoms with Crippen LogP contribution in [0.5, 0.6) is 0 Å². The summed E-state index contributed by atoms with van der Waals surface area (Å²) < 4.78 is 0. The van der Waals surface area contributed by atoms with E-state index >= 15 is 0 Å². The van der Waals surface area contributed by atoms with E-state index in [9.17, 15) is 4.79 Å². The van der Waals surface area contributed by atoms with E-state index in [0.717, 1.165) is 32.4 Å². The number of likely N-dealkylation sites (tertiary alicyclic amines) is 1. The number of nitrogens with zero attached hydrogens (tertiary/aromatic N) is 2. The molecular formula is C17H33ClN2O. The summed E-state index contributed by atoms with van der Waals surface area (Å²) in [5.74, 6) is 0.204. The maximum absolute atomic E-state index is 12.0. The molecule has 1 rings (SSSR count). The van der Waals surface area contributed by atoms with Gasteiger partial charge in [-0.05, 0) is 45.9 Å². The van der Waals surface area contributed by atoms with Gasteiger partial charge in [0.25, 0.3) is 0 Å². The highest BCUT2D eigenvalue weighted by molar-refractivity contribution is 5.87. The molecule has 0 atom stereocenters. The molecule has 21 heavy (non-hydrogen) atoms. The maximum atomic E-state index is 12.0. The Balaban J connectivity index is 0.00000400. The van der Waals surface area contributed by atoms with Gasteiger partial charge in [-0.2, -0.15) is 0 Å². The van der Waals surface area contributed by atoms with Gasteiger partial charge in [0, 0.05) is 19.1 Å². The molecule has 1 saturated heterocycles. The largest absolute Gasteiger partial charge is 0.339 e. The molecule has 0 aromatic carbocycles. The van der Waals surface area contributed by atoms with Crippen LogP contribution in [0.2, 0.25) is 0 Å². The first-order valence-electron chi connectivity index (χ1n) is 8.27. The van der Waals surface area contributed by atoms with E-state index in [4.69, 9.17) is 0 Å². The molecule has 0 aromatic heterocycles. The minimum atomic E-state index is 0. The van der Waals surface area contributed by atoms with Gasteiger partial charge in [-0.25, -0.2) is 0 Å². The maximum Gasteiger partial charge on any atom is 0.246 e. The molecule has 1 amide bonds. The minimum absolute atomic E-state index is 0. The van der Waals surface area contributed by atoms with Crippen LogP contribution in [-0.2, 0) is 4.79 Å². The zero-order valence-corrected chi connectivity index (χ0v) is 14.8. The summed E-state index contributed by atoms with van der Waals surface area (Å²) >= 11 is 0. The summed E-state index contributed by atoms with van der Waals surface area (Å²) in [4.78, 5) is 16.3. The van der Waals surface area contributed by atoms with Gasteiger partial charge in [-0.1, -0.05) is 38.7 Å². The second kappa shape index (κ2) is 12.0. The first-order valence-corrected chi connectivity index (χ1v) is 8.27. The summed E-state index contributed by atoms with van der Waals surface area (Å²) in [5, 5.41) is 0. The summed E-state index contributed by atoms with van der Waals surface area (Å²) in [7, 11) is 4.25. The molecule has 4 heteroatoms. The molecule has 0 N–H and O–H groups in total. The molecule has 0 spiro atoms. The Kier molecular flexibility index (Phi) is 11.7. The molecular weight excluding hydrogens is 284 g/mol. The Labute approximate surface area is 137 Å². The highest BCUT2D eigenvalue weighted by Gasteiger charge is 2.22. The SMILES string of the molecule is CCCCCCCC=CC(=O)N1CCC(N(C)C)CC1.Cl.